The molecule has 1 aromatic rings. The van der Waals surface area contributed by atoms with Crippen molar-refractivity contribution in [2.24, 2.45) is 0 Å². The molecule has 98 valence electrons. The van der Waals surface area contributed by atoms with Crippen LogP contribution in [0.1, 0.15) is 0 Å². The van der Waals surface area contributed by atoms with Gasteiger partial charge in [0.05, 0.1) is 12.2 Å². The highest BCUT2D eigenvalue weighted by atomic mass is 35.5. The number of rotatable bonds is 1. The molecule has 0 spiro atoms. The lowest BCUT2D eigenvalue weighted by molar-refractivity contribution is 0.130. The average molecular weight is 271 g/mol. The van der Waals surface area contributed by atoms with E-state index in [0.29, 0.717) is 30.5 Å². The fourth-order valence-electron chi connectivity index (χ4n) is 2.29. The standard InChI is InChI=1S/C12H15ClN2O3/c13-8-5-9(15-2-1-14-11(16)7-15)12-10(6-8)17-3-4-18-12/h5-6,11,14,16H,1-4,7H2. The normalized spacial score (nSPS) is 23.0. The van der Waals surface area contributed by atoms with Crippen LogP contribution in [-0.2, 0) is 0 Å². The number of halogens is 1. The van der Waals surface area contributed by atoms with Crippen molar-refractivity contribution in [3.05, 3.63) is 17.2 Å². The zero-order valence-corrected chi connectivity index (χ0v) is 10.6. The molecular formula is C12H15ClN2O3. The summed E-state index contributed by atoms with van der Waals surface area (Å²) in [7, 11) is 0. The molecule has 1 atom stereocenters. The van der Waals surface area contributed by atoms with Crippen LogP contribution in [0.4, 0.5) is 5.69 Å². The molecule has 2 N–H and O–H groups in total. The predicted molar refractivity (Wildman–Crippen MR) is 68.7 cm³/mol. The molecule has 6 heteroatoms. The van der Waals surface area contributed by atoms with E-state index in [-0.39, 0.29) is 0 Å². The Balaban J connectivity index is 1.97. The number of piperazine rings is 1. The van der Waals surface area contributed by atoms with Gasteiger partial charge in [-0.1, -0.05) is 11.6 Å². The number of ether oxygens (including phenoxy) is 2. The first-order valence-electron chi connectivity index (χ1n) is 5.99. The molecule has 5 nitrogen and oxygen atoms in total. The summed E-state index contributed by atoms with van der Waals surface area (Å²) in [6.45, 7) is 3.11. The molecule has 1 unspecified atom stereocenters. The van der Waals surface area contributed by atoms with Crippen LogP contribution >= 0.6 is 11.6 Å². The molecular weight excluding hydrogens is 256 g/mol. The summed E-state index contributed by atoms with van der Waals surface area (Å²) in [5.74, 6) is 1.40. The summed E-state index contributed by atoms with van der Waals surface area (Å²) < 4.78 is 11.2. The van der Waals surface area contributed by atoms with Gasteiger partial charge < -0.3 is 19.5 Å². The lowest BCUT2D eigenvalue weighted by Gasteiger charge is -2.35. The van der Waals surface area contributed by atoms with Gasteiger partial charge >= 0.3 is 0 Å². The minimum Gasteiger partial charge on any atom is -0.486 e. The Morgan fingerprint density at radius 2 is 2.17 bits per heavy atom. The summed E-state index contributed by atoms with van der Waals surface area (Å²) in [5, 5.41) is 13.3. The van der Waals surface area contributed by atoms with Crippen LogP contribution < -0.4 is 19.7 Å². The smallest absolute Gasteiger partial charge is 0.184 e. The largest absolute Gasteiger partial charge is 0.486 e. The van der Waals surface area contributed by atoms with Gasteiger partial charge in [0.2, 0.25) is 0 Å². The molecule has 0 bridgehead atoms. The number of fused-ring (bicyclic) bond motifs is 1. The van der Waals surface area contributed by atoms with Gasteiger partial charge in [-0.05, 0) is 6.07 Å². The number of benzene rings is 1. The van der Waals surface area contributed by atoms with Gasteiger partial charge in [0, 0.05) is 24.2 Å². The van der Waals surface area contributed by atoms with Gasteiger partial charge in [-0.25, -0.2) is 0 Å². The zero-order valence-electron chi connectivity index (χ0n) is 9.86. The van der Waals surface area contributed by atoms with E-state index in [4.69, 9.17) is 21.1 Å². The van der Waals surface area contributed by atoms with E-state index in [1.165, 1.54) is 0 Å². The molecule has 18 heavy (non-hydrogen) atoms. The summed E-state index contributed by atoms with van der Waals surface area (Å²) in [5.41, 5.74) is 0.887. The summed E-state index contributed by atoms with van der Waals surface area (Å²) in [6.07, 6.45) is -0.530. The third kappa shape index (κ3) is 2.21. The molecule has 0 aliphatic carbocycles. The number of β-amino-alcohol motifs (C(OH)–C–C–N with tert-alkyl or cyclic N) is 1. The molecule has 1 aromatic carbocycles. The van der Waals surface area contributed by atoms with Gasteiger partial charge in [-0.15, -0.1) is 0 Å². The molecule has 0 aromatic heterocycles. The van der Waals surface area contributed by atoms with Crippen molar-refractivity contribution in [2.45, 2.75) is 6.23 Å². The SMILES string of the molecule is OC1CN(c2cc(Cl)cc3c2OCCO3)CCN1. The van der Waals surface area contributed by atoms with Crippen molar-refractivity contribution in [3.8, 4) is 11.5 Å². The van der Waals surface area contributed by atoms with Crippen molar-refractivity contribution in [1.29, 1.82) is 0 Å². The zero-order chi connectivity index (χ0) is 12.5. The van der Waals surface area contributed by atoms with Crippen molar-refractivity contribution in [1.82, 2.24) is 5.32 Å². The maximum absolute atomic E-state index is 9.66. The van der Waals surface area contributed by atoms with Crippen LogP contribution in [-0.4, -0.2) is 44.2 Å². The fourth-order valence-corrected chi connectivity index (χ4v) is 2.49. The first kappa shape index (κ1) is 11.9. The van der Waals surface area contributed by atoms with Gasteiger partial charge in [0.1, 0.15) is 19.4 Å². The molecule has 2 aliphatic heterocycles. The second kappa shape index (κ2) is 4.84. The van der Waals surface area contributed by atoms with Crippen molar-refractivity contribution >= 4 is 17.3 Å². The van der Waals surface area contributed by atoms with Crippen LogP contribution in [0.5, 0.6) is 11.5 Å². The van der Waals surface area contributed by atoms with E-state index in [1.54, 1.807) is 6.07 Å². The highest BCUT2D eigenvalue weighted by Crippen LogP contribution is 2.42. The van der Waals surface area contributed by atoms with E-state index >= 15 is 0 Å². The van der Waals surface area contributed by atoms with Crippen LogP contribution in [0.2, 0.25) is 5.02 Å². The van der Waals surface area contributed by atoms with Crippen molar-refractivity contribution in [3.63, 3.8) is 0 Å². The van der Waals surface area contributed by atoms with E-state index in [9.17, 15) is 5.11 Å². The topological polar surface area (TPSA) is 54.0 Å². The fraction of sp³-hybridized carbons (Fsp3) is 0.500. The minimum absolute atomic E-state index is 0.510. The number of hydrogen-bond acceptors (Lipinski definition) is 5. The number of nitrogens with one attached hydrogen (secondary N) is 1. The number of aliphatic hydroxyl groups is 1. The van der Waals surface area contributed by atoms with Crippen LogP contribution in [0.25, 0.3) is 0 Å². The number of anilines is 1. The molecule has 1 fully saturated rings. The summed E-state index contributed by atoms with van der Waals surface area (Å²) in [6, 6.07) is 3.62. The van der Waals surface area contributed by atoms with Crippen molar-refractivity contribution < 1.29 is 14.6 Å². The Hall–Kier alpha value is -1.17. The highest BCUT2D eigenvalue weighted by molar-refractivity contribution is 6.31. The van der Waals surface area contributed by atoms with Crippen molar-refractivity contribution in [2.75, 3.05) is 37.7 Å². The van der Waals surface area contributed by atoms with Crippen LogP contribution in [0.3, 0.4) is 0 Å². The third-order valence-corrected chi connectivity index (χ3v) is 3.30. The molecule has 0 radical (unpaired) electrons. The number of aliphatic hydroxyl groups excluding tert-OH is 1. The quantitative estimate of drug-likeness (QED) is 0.792. The van der Waals surface area contributed by atoms with E-state index in [0.717, 1.165) is 24.5 Å². The van der Waals surface area contributed by atoms with Crippen LogP contribution in [0, 0.1) is 0 Å². The highest BCUT2D eigenvalue weighted by Gasteiger charge is 2.24. The minimum atomic E-state index is -0.530. The van der Waals surface area contributed by atoms with Gasteiger partial charge in [-0.3, -0.25) is 5.32 Å². The molecule has 0 amide bonds. The molecule has 1 saturated heterocycles. The Labute approximate surface area is 110 Å². The van der Waals surface area contributed by atoms with E-state index < -0.39 is 6.23 Å². The molecule has 0 saturated carbocycles. The summed E-state index contributed by atoms with van der Waals surface area (Å²) >= 11 is 6.10. The average Bonchev–Trinajstić information content (AvgIpc) is 2.37. The maximum atomic E-state index is 9.66. The van der Waals surface area contributed by atoms with Crippen LogP contribution in [0.15, 0.2) is 12.1 Å². The first-order chi connectivity index (χ1) is 8.74. The second-order valence-corrected chi connectivity index (χ2v) is 4.80. The lowest BCUT2D eigenvalue weighted by Crippen LogP contribution is -2.50. The number of nitrogens with zero attached hydrogens (tertiary/aromatic N) is 1. The molecule has 2 heterocycles. The maximum Gasteiger partial charge on any atom is 0.184 e. The Kier molecular flexibility index (Phi) is 3.20. The molecule has 3 rings (SSSR count). The monoisotopic (exact) mass is 270 g/mol. The Morgan fingerprint density at radius 3 is 3.00 bits per heavy atom. The lowest BCUT2D eigenvalue weighted by atomic mass is 10.2. The summed E-state index contributed by atoms with van der Waals surface area (Å²) in [4.78, 5) is 2.06. The van der Waals surface area contributed by atoms with Gasteiger partial charge in [0.15, 0.2) is 11.5 Å². The van der Waals surface area contributed by atoms with E-state index in [1.807, 2.05) is 6.07 Å². The Morgan fingerprint density at radius 1 is 1.33 bits per heavy atom. The molecule has 2 aliphatic rings. The predicted octanol–water partition coefficient (Wildman–Crippen LogP) is 0.839. The third-order valence-electron chi connectivity index (χ3n) is 3.08. The van der Waals surface area contributed by atoms with E-state index in [2.05, 4.69) is 10.2 Å². The number of hydrogen-bond donors (Lipinski definition) is 2. The Bertz CT molecular complexity index is 455. The first-order valence-corrected chi connectivity index (χ1v) is 6.37. The van der Waals surface area contributed by atoms with Gasteiger partial charge in [0.25, 0.3) is 0 Å². The van der Waals surface area contributed by atoms with Gasteiger partial charge in [-0.2, -0.15) is 0 Å². The second-order valence-electron chi connectivity index (χ2n) is 4.37.